The summed E-state index contributed by atoms with van der Waals surface area (Å²) in [6, 6.07) is 8.18. The fraction of sp³-hybridized carbons (Fsp3) is 0.700. The Bertz CT molecular complexity index is 650. The van der Waals surface area contributed by atoms with Crippen LogP contribution in [0.15, 0.2) is 24.3 Å². The first-order chi connectivity index (χ1) is 12.4. The van der Waals surface area contributed by atoms with E-state index >= 15 is 0 Å². The van der Waals surface area contributed by atoms with Crippen molar-refractivity contribution < 1.29 is 56.7 Å². The van der Waals surface area contributed by atoms with E-state index in [0.717, 1.165) is 12.2 Å². The molecule has 0 radical (unpaired) electrons. The first-order valence-electron chi connectivity index (χ1n) is 9.21. The fourth-order valence-electron chi connectivity index (χ4n) is 3.13. The van der Waals surface area contributed by atoms with Crippen LogP contribution in [0.4, 0.5) is 0 Å². The average Bonchev–Trinajstić information content (AvgIpc) is 2.50. The van der Waals surface area contributed by atoms with Crippen LogP contribution < -0.4 is 34.3 Å². The van der Waals surface area contributed by atoms with Crippen molar-refractivity contribution >= 4 is 10.1 Å². The second-order valence-corrected chi connectivity index (χ2v) is 10.0. The minimum atomic E-state index is -4.21. The van der Waals surface area contributed by atoms with E-state index in [1.54, 1.807) is 0 Å². The number of benzene rings is 1. The maximum Gasteiger partial charge on any atom is 1.00 e. The van der Waals surface area contributed by atoms with Gasteiger partial charge >= 0.3 is 29.6 Å². The van der Waals surface area contributed by atoms with Gasteiger partial charge in [0.25, 0.3) is 0 Å². The molecule has 0 aliphatic rings. The van der Waals surface area contributed by atoms with Crippen molar-refractivity contribution in [2.24, 2.45) is 5.41 Å². The average molecular weight is 425 g/mol. The van der Waals surface area contributed by atoms with Gasteiger partial charge in [0.2, 0.25) is 0 Å². The Hall–Kier alpha value is -0.150. The van der Waals surface area contributed by atoms with Crippen LogP contribution in [0.1, 0.15) is 46.6 Å². The maximum absolute atomic E-state index is 10.4. The van der Waals surface area contributed by atoms with Gasteiger partial charge < -0.3 is 18.8 Å². The van der Waals surface area contributed by atoms with Gasteiger partial charge in [0.15, 0.2) is 0 Å². The second kappa shape index (κ2) is 12.5. The van der Waals surface area contributed by atoms with Crippen molar-refractivity contribution in [3.8, 4) is 5.75 Å². The van der Waals surface area contributed by atoms with Crippen LogP contribution in [0.5, 0.6) is 5.75 Å². The zero-order chi connectivity index (χ0) is 20.6. The molecule has 0 spiro atoms. The Morgan fingerprint density at radius 3 is 1.86 bits per heavy atom. The molecule has 0 saturated carbocycles. The summed E-state index contributed by atoms with van der Waals surface area (Å²) in [5.41, 5.74) is 1.66. The minimum Gasteiger partial charge on any atom is -0.748 e. The number of rotatable bonds is 12. The molecule has 1 rings (SSSR count). The molecule has 156 valence electrons. The second-order valence-electron chi connectivity index (χ2n) is 8.48. The molecule has 0 aliphatic heterocycles. The van der Waals surface area contributed by atoms with Crippen LogP contribution in [0.25, 0.3) is 0 Å². The van der Waals surface area contributed by atoms with Gasteiger partial charge in [-0.15, -0.1) is 0 Å². The van der Waals surface area contributed by atoms with Crippen molar-refractivity contribution in [2.45, 2.75) is 46.5 Å². The topological polar surface area (TPSA) is 84.9 Å². The molecule has 1 aromatic rings. The third-order valence-corrected chi connectivity index (χ3v) is 4.62. The molecule has 8 heteroatoms. The summed E-state index contributed by atoms with van der Waals surface area (Å²) in [7, 11) is -4.21. The summed E-state index contributed by atoms with van der Waals surface area (Å²) in [5.74, 6) is 0.282. The molecule has 0 N–H and O–H groups in total. The van der Waals surface area contributed by atoms with Gasteiger partial charge in [0.05, 0.1) is 42.3 Å². The van der Waals surface area contributed by atoms with Gasteiger partial charge in [-0.2, -0.15) is 0 Å². The normalized spacial score (nSPS) is 12.5. The van der Waals surface area contributed by atoms with Gasteiger partial charge in [0.1, 0.15) is 12.4 Å². The van der Waals surface area contributed by atoms with Gasteiger partial charge in [-0.1, -0.05) is 46.8 Å². The number of hydrogen-bond donors (Lipinski definition) is 0. The van der Waals surface area contributed by atoms with Crippen LogP contribution in [-0.2, 0) is 25.0 Å². The molecule has 0 amide bonds. The first kappa shape index (κ1) is 27.8. The summed E-state index contributed by atoms with van der Waals surface area (Å²) >= 11 is 0. The maximum atomic E-state index is 10.4. The van der Waals surface area contributed by atoms with Gasteiger partial charge in [-0.05, 0) is 34.9 Å². The van der Waals surface area contributed by atoms with E-state index in [1.807, 2.05) is 12.1 Å². The molecule has 0 bridgehead atoms. The van der Waals surface area contributed by atoms with Crippen molar-refractivity contribution in [1.29, 1.82) is 0 Å². The van der Waals surface area contributed by atoms with Gasteiger partial charge in [-0.3, -0.25) is 0 Å². The quantitative estimate of drug-likeness (QED) is 0.274. The molecule has 6 nitrogen and oxygen atoms in total. The summed E-state index contributed by atoms with van der Waals surface area (Å²) in [6.07, 6.45) is 1.09. The third-order valence-electron chi connectivity index (χ3n) is 3.95. The van der Waals surface area contributed by atoms with E-state index in [4.69, 9.17) is 14.2 Å². The monoisotopic (exact) mass is 424 g/mol. The van der Waals surface area contributed by atoms with E-state index in [9.17, 15) is 13.0 Å². The fourth-order valence-corrected chi connectivity index (χ4v) is 3.45. The molecule has 0 atom stereocenters. The van der Waals surface area contributed by atoms with E-state index in [-0.39, 0.29) is 53.6 Å². The van der Waals surface area contributed by atoms with E-state index in [1.165, 1.54) is 5.56 Å². The van der Waals surface area contributed by atoms with Crippen molar-refractivity contribution in [3.63, 3.8) is 0 Å². The largest absolute Gasteiger partial charge is 1.00 e. The van der Waals surface area contributed by atoms with Crippen LogP contribution in [-0.4, -0.2) is 51.8 Å². The van der Waals surface area contributed by atoms with E-state index in [2.05, 4.69) is 46.8 Å². The Kier molecular flexibility index (Phi) is 12.5. The van der Waals surface area contributed by atoms with Crippen LogP contribution in [0, 0.1) is 5.41 Å². The van der Waals surface area contributed by atoms with Crippen LogP contribution in [0.2, 0.25) is 0 Å². The molecule has 0 aliphatic carbocycles. The summed E-state index contributed by atoms with van der Waals surface area (Å²) in [4.78, 5) is 0. The predicted octanol–water partition coefficient (Wildman–Crippen LogP) is 0.362. The van der Waals surface area contributed by atoms with E-state index < -0.39 is 15.9 Å². The smallest absolute Gasteiger partial charge is 0.748 e. The molecular weight excluding hydrogens is 391 g/mol. The van der Waals surface area contributed by atoms with Crippen LogP contribution >= 0.6 is 0 Å². The minimum absolute atomic E-state index is 0. The molecule has 0 fully saturated rings. The van der Waals surface area contributed by atoms with Crippen LogP contribution in [0.3, 0.4) is 0 Å². The molecule has 28 heavy (non-hydrogen) atoms. The molecule has 0 heterocycles. The van der Waals surface area contributed by atoms with Crippen molar-refractivity contribution in [3.05, 3.63) is 29.8 Å². The van der Waals surface area contributed by atoms with Gasteiger partial charge in [-0.25, -0.2) is 8.42 Å². The Morgan fingerprint density at radius 2 is 1.36 bits per heavy atom. The zero-order valence-electron chi connectivity index (χ0n) is 18.1. The Morgan fingerprint density at radius 1 is 0.857 bits per heavy atom. The predicted molar refractivity (Wildman–Crippen MR) is 105 cm³/mol. The molecule has 0 aromatic heterocycles. The third kappa shape index (κ3) is 13.1. The first-order valence-corrected chi connectivity index (χ1v) is 10.8. The summed E-state index contributed by atoms with van der Waals surface area (Å²) < 4.78 is 47.2. The molecule has 0 unspecified atom stereocenters. The zero-order valence-corrected chi connectivity index (χ0v) is 20.9. The summed E-state index contributed by atoms with van der Waals surface area (Å²) in [5, 5.41) is 0. The summed E-state index contributed by atoms with van der Waals surface area (Å²) in [6.45, 7) is 12.6. The molecule has 0 saturated heterocycles. The molecule has 1 aromatic carbocycles. The standard InChI is InChI=1S/C20H34O6S.Na/c1-19(2,3)16-20(4,5)17-6-8-18(9-7-17)26-13-12-24-10-11-25-14-15-27(21,22)23;/h6-9H,10-16H2,1-5H3,(H,21,22,23);/q;+1/p-1. The Labute approximate surface area is 192 Å². The van der Waals surface area contributed by atoms with E-state index in [0.29, 0.717) is 19.8 Å². The van der Waals surface area contributed by atoms with Gasteiger partial charge in [0, 0.05) is 0 Å². The molecular formula is C20H33NaO6S. The van der Waals surface area contributed by atoms with Crippen molar-refractivity contribution in [2.75, 3.05) is 38.8 Å². The number of ether oxygens (including phenoxy) is 3. The SMILES string of the molecule is CC(C)(C)CC(C)(C)c1ccc(OCCOCCOCCS(=O)(=O)[O-])cc1.[Na+]. The van der Waals surface area contributed by atoms with Crippen molar-refractivity contribution in [1.82, 2.24) is 0 Å². The Balaban J connectivity index is 0.00000729. The number of hydrogen-bond acceptors (Lipinski definition) is 6.